The summed E-state index contributed by atoms with van der Waals surface area (Å²) in [7, 11) is 1.67. The van der Waals surface area contributed by atoms with E-state index in [1.807, 2.05) is 24.3 Å². The third kappa shape index (κ3) is 2.69. The monoisotopic (exact) mass is 293 g/mol. The van der Waals surface area contributed by atoms with Crippen molar-refractivity contribution in [3.8, 4) is 11.5 Å². The molecule has 0 spiro atoms. The van der Waals surface area contributed by atoms with Gasteiger partial charge in [-0.3, -0.25) is 4.79 Å². The highest BCUT2D eigenvalue weighted by Gasteiger charge is 2.05. The van der Waals surface area contributed by atoms with Crippen LogP contribution in [0.5, 0.6) is 11.5 Å². The summed E-state index contributed by atoms with van der Waals surface area (Å²) in [5.41, 5.74) is 1.43. The van der Waals surface area contributed by atoms with Crippen molar-refractivity contribution in [2.45, 2.75) is 0 Å². The van der Waals surface area contributed by atoms with Crippen LogP contribution in [-0.4, -0.2) is 9.55 Å². The van der Waals surface area contributed by atoms with Gasteiger partial charge in [0.25, 0.3) is 5.56 Å². The van der Waals surface area contributed by atoms with Gasteiger partial charge in [-0.2, -0.15) is 0 Å². The van der Waals surface area contributed by atoms with E-state index in [1.54, 1.807) is 31.4 Å². The Labute approximate surface area is 127 Å². The lowest BCUT2D eigenvalue weighted by Gasteiger charge is -2.08. The zero-order chi connectivity index (χ0) is 15.5. The van der Waals surface area contributed by atoms with Gasteiger partial charge in [0, 0.05) is 18.8 Å². The van der Waals surface area contributed by atoms with Crippen molar-refractivity contribution in [1.82, 2.24) is 9.55 Å². The number of hydrogen-bond donors (Lipinski definition) is 1. The van der Waals surface area contributed by atoms with Gasteiger partial charge in [-0.25, -0.2) is 4.98 Å². The molecule has 1 aromatic heterocycles. The standard InChI is InChI=1S/C17H15N3O2/c1-3-18-12-5-4-6-13(9-12)22-14-7-8-16-15(10-14)17(21)20(2)11-19-16/h3-11,18H,1H2,2H3. The zero-order valence-electron chi connectivity index (χ0n) is 12.1. The van der Waals surface area contributed by atoms with Crippen LogP contribution in [0.25, 0.3) is 10.9 Å². The molecule has 3 aromatic rings. The average molecular weight is 293 g/mol. The summed E-state index contributed by atoms with van der Waals surface area (Å²) in [5, 5.41) is 3.53. The highest BCUT2D eigenvalue weighted by Crippen LogP contribution is 2.25. The van der Waals surface area contributed by atoms with Crippen molar-refractivity contribution >= 4 is 16.6 Å². The first kappa shape index (κ1) is 13.9. The lowest BCUT2D eigenvalue weighted by atomic mass is 10.2. The molecule has 0 aliphatic carbocycles. The predicted molar refractivity (Wildman–Crippen MR) is 87.3 cm³/mol. The summed E-state index contributed by atoms with van der Waals surface area (Å²) in [6.45, 7) is 3.63. The molecule has 110 valence electrons. The van der Waals surface area contributed by atoms with Gasteiger partial charge in [-0.1, -0.05) is 12.6 Å². The first-order valence-corrected chi connectivity index (χ1v) is 6.78. The fraction of sp³-hybridized carbons (Fsp3) is 0.0588. The first-order chi connectivity index (χ1) is 10.7. The average Bonchev–Trinajstić information content (AvgIpc) is 2.52. The smallest absolute Gasteiger partial charge is 0.261 e. The van der Waals surface area contributed by atoms with Crippen molar-refractivity contribution in [3.05, 3.63) is 71.9 Å². The van der Waals surface area contributed by atoms with E-state index in [1.165, 1.54) is 10.9 Å². The van der Waals surface area contributed by atoms with Gasteiger partial charge in [-0.15, -0.1) is 0 Å². The van der Waals surface area contributed by atoms with Crippen LogP contribution in [0.4, 0.5) is 5.69 Å². The second-order valence-corrected chi connectivity index (χ2v) is 4.82. The quantitative estimate of drug-likeness (QED) is 0.802. The Balaban J connectivity index is 1.97. The minimum Gasteiger partial charge on any atom is -0.457 e. The predicted octanol–water partition coefficient (Wildman–Crippen LogP) is 3.28. The van der Waals surface area contributed by atoms with Gasteiger partial charge in [0.15, 0.2) is 0 Å². The molecule has 0 aliphatic heterocycles. The van der Waals surface area contributed by atoms with Crippen LogP contribution < -0.4 is 15.6 Å². The molecule has 0 atom stereocenters. The molecular weight excluding hydrogens is 278 g/mol. The zero-order valence-corrected chi connectivity index (χ0v) is 12.1. The molecule has 0 amide bonds. The van der Waals surface area contributed by atoms with E-state index in [9.17, 15) is 4.79 Å². The molecule has 0 radical (unpaired) electrons. The van der Waals surface area contributed by atoms with E-state index in [-0.39, 0.29) is 5.56 Å². The van der Waals surface area contributed by atoms with Crippen LogP contribution in [0.2, 0.25) is 0 Å². The first-order valence-electron chi connectivity index (χ1n) is 6.78. The van der Waals surface area contributed by atoms with E-state index in [4.69, 9.17) is 4.74 Å². The minimum absolute atomic E-state index is 0.0995. The van der Waals surface area contributed by atoms with Crippen molar-refractivity contribution in [1.29, 1.82) is 0 Å². The molecule has 5 heteroatoms. The van der Waals surface area contributed by atoms with Gasteiger partial charge in [0.2, 0.25) is 0 Å². The Kier molecular flexibility index (Phi) is 3.62. The molecule has 0 aliphatic rings. The molecular formula is C17H15N3O2. The summed E-state index contributed by atoms with van der Waals surface area (Å²) in [6.07, 6.45) is 3.11. The topological polar surface area (TPSA) is 56.1 Å². The summed E-state index contributed by atoms with van der Waals surface area (Å²) >= 11 is 0. The van der Waals surface area contributed by atoms with Gasteiger partial charge in [0.1, 0.15) is 11.5 Å². The molecule has 1 N–H and O–H groups in total. The molecule has 0 saturated carbocycles. The summed E-state index contributed by atoms with van der Waals surface area (Å²) in [5.74, 6) is 1.26. The third-order valence-corrected chi connectivity index (χ3v) is 3.23. The maximum absolute atomic E-state index is 12.1. The number of anilines is 1. The van der Waals surface area contributed by atoms with E-state index in [0.29, 0.717) is 22.4 Å². The number of rotatable bonds is 4. The number of aromatic nitrogens is 2. The maximum Gasteiger partial charge on any atom is 0.261 e. The molecule has 0 saturated heterocycles. The Bertz CT molecular complexity index is 900. The van der Waals surface area contributed by atoms with E-state index < -0.39 is 0 Å². The van der Waals surface area contributed by atoms with Crippen molar-refractivity contribution in [2.24, 2.45) is 7.05 Å². The number of nitrogens with one attached hydrogen (secondary N) is 1. The summed E-state index contributed by atoms with van der Waals surface area (Å²) in [6, 6.07) is 12.8. The number of benzene rings is 2. The van der Waals surface area contributed by atoms with E-state index in [2.05, 4.69) is 16.9 Å². The fourth-order valence-electron chi connectivity index (χ4n) is 2.16. The Morgan fingerprint density at radius 2 is 2.05 bits per heavy atom. The van der Waals surface area contributed by atoms with Crippen molar-refractivity contribution in [2.75, 3.05) is 5.32 Å². The van der Waals surface area contributed by atoms with Gasteiger partial charge >= 0.3 is 0 Å². The summed E-state index contributed by atoms with van der Waals surface area (Å²) in [4.78, 5) is 16.3. The van der Waals surface area contributed by atoms with E-state index >= 15 is 0 Å². The third-order valence-electron chi connectivity index (χ3n) is 3.23. The lowest BCUT2D eigenvalue weighted by Crippen LogP contribution is -2.16. The van der Waals surface area contributed by atoms with Crippen molar-refractivity contribution in [3.63, 3.8) is 0 Å². The van der Waals surface area contributed by atoms with Crippen LogP contribution >= 0.6 is 0 Å². The second-order valence-electron chi connectivity index (χ2n) is 4.82. The Hall–Kier alpha value is -3.08. The molecule has 0 fully saturated rings. The molecule has 5 nitrogen and oxygen atoms in total. The highest BCUT2D eigenvalue weighted by atomic mass is 16.5. The molecule has 1 heterocycles. The van der Waals surface area contributed by atoms with Crippen LogP contribution in [0.1, 0.15) is 0 Å². The fourth-order valence-corrected chi connectivity index (χ4v) is 2.16. The number of hydrogen-bond acceptors (Lipinski definition) is 4. The van der Waals surface area contributed by atoms with Crippen molar-refractivity contribution < 1.29 is 4.74 Å². The lowest BCUT2D eigenvalue weighted by molar-refractivity contribution is 0.483. The summed E-state index contributed by atoms with van der Waals surface area (Å²) < 4.78 is 7.26. The molecule has 0 bridgehead atoms. The number of nitrogens with zero attached hydrogens (tertiary/aromatic N) is 2. The molecule has 3 rings (SSSR count). The van der Waals surface area contributed by atoms with Gasteiger partial charge < -0.3 is 14.6 Å². The normalized spacial score (nSPS) is 10.4. The Morgan fingerprint density at radius 1 is 1.23 bits per heavy atom. The number of ether oxygens (including phenoxy) is 1. The Morgan fingerprint density at radius 3 is 2.86 bits per heavy atom. The molecule has 2 aromatic carbocycles. The van der Waals surface area contributed by atoms with Crippen LogP contribution in [0, 0.1) is 0 Å². The van der Waals surface area contributed by atoms with Gasteiger partial charge in [-0.05, 0) is 36.5 Å². The SMILES string of the molecule is C=CNc1cccc(Oc2ccc3ncn(C)c(=O)c3c2)c1. The molecule has 0 unspecified atom stereocenters. The van der Waals surface area contributed by atoms with Gasteiger partial charge in [0.05, 0.1) is 17.2 Å². The van der Waals surface area contributed by atoms with Crippen LogP contribution in [0.15, 0.2) is 66.4 Å². The second kappa shape index (κ2) is 5.73. The number of aryl methyl sites for hydroxylation is 1. The maximum atomic E-state index is 12.1. The number of fused-ring (bicyclic) bond motifs is 1. The molecule has 22 heavy (non-hydrogen) atoms. The minimum atomic E-state index is -0.0995. The van der Waals surface area contributed by atoms with Crippen LogP contribution in [-0.2, 0) is 7.05 Å². The van der Waals surface area contributed by atoms with E-state index in [0.717, 1.165) is 5.69 Å². The highest BCUT2D eigenvalue weighted by molar-refractivity contribution is 5.79. The largest absolute Gasteiger partial charge is 0.457 e. The van der Waals surface area contributed by atoms with Crippen LogP contribution in [0.3, 0.4) is 0 Å².